The lowest BCUT2D eigenvalue weighted by atomic mass is 10.2. The third kappa shape index (κ3) is 27.2. The van der Waals surface area contributed by atoms with Crippen LogP contribution < -0.4 is 41.1 Å². The molecule has 0 N–H and O–H groups in total. The molecule has 0 amide bonds. The summed E-state index contributed by atoms with van der Waals surface area (Å²) >= 11 is 0. The molecule has 0 bridgehead atoms. The van der Waals surface area contributed by atoms with Crippen LogP contribution in [0.25, 0.3) is 0 Å². The van der Waals surface area contributed by atoms with Gasteiger partial charge in [-0.2, -0.15) is 0 Å². The van der Waals surface area contributed by atoms with E-state index in [1.165, 1.54) is 102 Å². The first kappa shape index (κ1) is 73.2. The highest BCUT2D eigenvalue weighted by atomic mass is 15.0. The lowest BCUT2D eigenvalue weighted by Crippen LogP contribution is -2.36. The van der Waals surface area contributed by atoms with Crippen molar-refractivity contribution in [3.63, 3.8) is 0 Å². The molecule has 0 saturated carbocycles. The molecular weight excluding hydrogens is 1020 g/mol. The van der Waals surface area contributed by atoms with Crippen molar-refractivity contribution >= 4 is 0 Å². The maximum Gasteiger partial charge on any atom is 0.295 e. The summed E-state index contributed by atoms with van der Waals surface area (Å²) in [5, 5.41) is 0. The van der Waals surface area contributed by atoms with Crippen LogP contribution in [-0.4, -0.2) is 15.0 Å². The van der Waals surface area contributed by atoms with Gasteiger partial charge in [0.1, 0.15) is 71.8 Å². The molecule has 12 nitrogen and oxygen atoms in total. The number of hydrogen-bond donors (Lipinski definition) is 0. The lowest BCUT2D eigenvalue weighted by molar-refractivity contribution is -0.687. The Balaban J connectivity index is 0.000000467. The van der Waals surface area contributed by atoms with Crippen molar-refractivity contribution < 1.29 is 41.1 Å². The summed E-state index contributed by atoms with van der Waals surface area (Å²) < 4.78 is 18.9. The second-order valence-corrected chi connectivity index (χ2v) is 22.2. The Kier molecular flexibility index (Phi) is 32.2. The molecule has 0 atom stereocenters. The van der Waals surface area contributed by atoms with Gasteiger partial charge in [-0.3, -0.25) is 0 Å². The zero-order valence-corrected chi connectivity index (χ0v) is 57.1. The molecule has 9 aromatic heterocycles. The van der Waals surface area contributed by atoms with Crippen LogP contribution in [0.1, 0.15) is 113 Å². The molecule has 0 aromatic carbocycles. The molecule has 9 aromatic rings. The molecule has 9 heterocycles. The first-order valence-electron chi connectivity index (χ1n) is 28.6. The fraction of sp³-hybridized carbons (Fsp3) is 0.408. The van der Waals surface area contributed by atoms with E-state index in [9.17, 15) is 0 Å². The summed E-state index contributed by atoms with van der Waals surface area (Å²) in [7, 11) is 18.4. The Morgan fingerprint density at radius 1 is 0.301 bits per heavy atom. The van der Waals surface area contributed by atoms with Crippen LogP contribution in [0, 0.1) is 138 Å². The zero-order chi connectivity index (χ0) is 63.4. The van der Waals surface area contributed by atoms with Crippen LogP contribution in [0.5, 0.6) is 0 Å². The van der Waals surface area contributed by atoms with Crippen LogP contribution in [0.2, 0.25) is 0 Å². The molecule has 0 aliphatic carbocycles. The summed E-state index contributed by atoms with van der Waals surface area (Å²) in [6.45, 7) is 41.9. The van der Waals surface area contributed by atoms with E-state index in [1.807, 2.05) is 75.2 Å². The predicted molar refractivity (Wildman–Crippen MR) is 337 cm³/mol. The van der Waals surface area contributed by atoms with Crippen molar-refractivity contribution in [2.45, 2.75) is 138 Å². The molecule has 0 fully saturated rings. The zero-order valence-electron chi connectivity index (χ0n) is 57.1. The van der Waals surface area contributed by atoms with Crippen molar-refractivity contribution in [2.75, 3.05) is 0 Å². The van der Waals surface area contributed by atoms with Gasteiger partial charge in [0, 0.05) is 158 Å². The van der Waals surface area contributed by atoms with Gasteiger partial charge in [0.2, 0.25) is 0 Å². The molecule has 9 rings (SSSR count). The number of hydrogen-bond acceptors (Lipinski definition) is 3. The van der Waals surface area contributed by atoms with Crippen molar-refractivity contribution in [2.24, 2.45) is 63.4 Å². The molecule has 83 heavy (non-hydrogen) atoms. The third-order valence-electron chi connectivity index (χ3n) is 15.1. The average molecular weight is 1130 g/mol. The molecular formula is C71H109N12+9. The Labute approximate surface area is 503 Å². The Morgan fingerprint density at radius 3 is 1.25 bits per heavy atom. The van der Waals surface area contributed by atoms with Crippen LogP contribution in [0.4, 0.5) is 0 Å². The van der Waals surface area contributed by atoms with Gasteiger partial charge >= 0.3 is 0 Å². The van der Waals surface area contributed by atoms with E-state index < -0.39 is 0 Å². The smallest absolute Gasteiger partial charge is 0.237 e. The molecule has 0 spiro atoms. The van der Waals surface area contributed by atoms with Crippen molar-refractivity contribution in [1.29, 1.82) is 0 Å². The highest BCUT2D eigenvalue weighted by Crippen LogP contribution is 2.03. The molecule has 444 valence electrons. The topological polar surface area (TPSA) is 73.6 Å². The molecule has 0 aliphatic heterocycles. The second-order valence-electron chi connectivity index (χ2n) is 22.2. The van der Waals surface area contributed by atoms with Gasteiger partial charge in [-0.25, -0.2) is 41.1 Å². The van der Waals surface area contributed by atoms with Crippen LogP contribution in [0.15, 0.2) is 135 Å². The number of pyridine rings is 6. The largest absolute Gasteiger partial charge is 0.295 e. The molecule has 0 unspecified atom stereocenters. The highest BCUT2D eigenvalue weighted by Gasteiger charge is 2.07. The highest BCUT2D eigenvalue weighted by molar-refractivity contribution is 5.18. The van der Waals surface area contributed by atoms with Crippen molar-refractivity contribution in [1.82, 2.24) is 15.0 Å². The van der Waals surface area contributed by atoms with E-state index in [2.05, 4.69) is 317 Å². The van der Waals surface area contributed by atoms with E-state index in [4.69, 9.17) is 0 Å². The summed E-state index contributed by atoms with van der Waals surface area (Å²) in [5.41, 5.74) is 24.6. The monoisotopic (exact) mass is 1130 g/mol. The van der Waals surface area contributed by atoms with Gasteiger partial charge in [-0.05, 0) is 105 Å². The number of aryl methyl sites for hydroxylation is 23. The summed E-state index contributed by atoms with van der Waals surface area (Å²) in [5.74, 6) is 1.05. The van der Waals surface area contributed by atoms with Gasteiger partial charge in [-0.1, -0.05) is 15.0 Å². The summed E-state index contributed by atoms with van der Waals surface area (Å²) in [4.78, 5) is 12.2. The van der Waals surface area contributed by atoms with E-state index in [0.717, 1.165) is 11.5 Å². The van der Waals surface area contributed by atoms with E-state index in [-0.39, 0.29) is 0 Å². The van der Waals surface area contributed by atoms with Crippen LogP contribution >= 0.6 is 0 Å². The predicted octanol–water partition coefficient (Wildman–Crippen LogP) is 8.95. The minimum Gasteiger partial charge on any atom is -0.237 e. The number of nitrogens with zero attached hydrogens (tertiary/aromatic N) is 12. The minimum atomic E-state index is 1.05. The lowest BCUT2D eigenvalue weighted by Gasteiger charge is -1.98. The Morgan fingerprint density at radius 2 is 0.819 bits per heavy atom. The molecule has 0 radical (unpaired) electrons. The minimum absolute atomic E-state index is 1.05. The maximum absolute atomic E-state index is 4.10. The average Bonchev–Trinajstić information content (AvgIpc) is 3.42. The SMILES string of the molecule is Cc1cc(C)[n+](C)c(C)c1.Cc1cc(C)[n+](C)cn1.Cc1cc(C)c(C)[n+](C)c1.Cc1cc[n+](C)c(C)c1.Cc1ccc(C)[n+](C)c1.Cc1ccc[n+](C)c1C.Cc1cccc(C)[n+]1C.Cc1ccnc(C)[n+]1C.Cc1cnc[n+](C)c1C. The summed E-state index contributed by atoms with van der Waals surface area (Å²) in [6, 6.07) is 29.6. The first-order valence-corrected chi connectivity index (χ1v) is 28.6. The fourth-order valence-electron chi connectivity index (χ4n) is 7.76. The van der Waals surface area contributed by atoms with Crippen LogP contribution in [-0.2, 0) is 63.4 Å². The quantitative estimate of drug-likeness (QED) is 0.143. The fourth-order valence-corrected chi connectivity index (χ4v) is 7.76. The van der Waals surface area contributed by atoms with Gasteiger partial charge in [0.05, 0.1) is 21.1 Å². The normalized spacial score (nSPS) is 9.75. The van der Waals surface area contributed by atoms with Gasteiger partial charge < -0.3 is 0 Å². The van der Waals surface area contributed by atoms with E-state index in [0.29, 0.717) is 0 Å². The molecule has 12 heteroatoms. The van der Waals surface area contributed by atoms with Gasteiger partial charge in [0.15, 0.2) is 76.0 Å². The molecule has 0 aliphatic rings. The number of aromatic nitrogens is 12. The van der Waals surface area contributed by atoms with Gasteiger partial charge in [-0.15, -0.1) is 0 Å². The van der Waals surface area contributed by atoms with Crippen LogP contribution in [0.3, 0.4) is 0 Å². The van der Waals surface area contributed by atoms with E-state index >= 15 is 0 Å². The number of rotatable bonds is 0. The second kappa shape index (κ2) is 36.6. The standard InChI is InChI=1S/2C9H14N.4C8H12N.3C7H11N2/c1-7-5-8(2)9(3)10(4)6-7;1-7-5-8(2)10(4)9(3)6-7;1-7-4-5-9(3)8(2)6-7;1-7-4-5-8(2)9(3)6-7;1-7-5-4-6-9(3)8(7)2;1-7-5-4-6-8(2)9(7)3;1-6-4-8-5-9(3)7(6)2;1-6-4-7(2)9(3)5-8-6;1-6-4-5-8-7(2)9(6)3/h2*5-6H,1-4H3;4*4-6H,1-3H3;3*4-5H,1-3H3/q9*+1. The first-order chi connectivity index (χ1) is 38.7. The van der Waals surface area contributed by atoms with Crippen molar-refractivity contribution in [3.8, 4) is 0 Å². The van der Waals surface area contributed by atoms with E-state index in [1.54, 1.807) is 0 Å². The Hall–Kier alpha value is -7.86. The third-order valence-corrected chi connectivity index (χ3v) is 15.1. The molecule has 0 saturated heterocycles. The Bertz CT molecular complexity index is 2970. The summed E-state index contributed by atoms with van der Waals surface area (Å²) in [6.07, 6.45) is 15.7. The van der Waals surface area contributed by atoms with Crippen molar-refractivity contribution in [3.05, 3.63) is 248 Å². The van der Waals surface area contributed by atoms with Gasteiger partial charge in [0.25, 0.3) is 18.5 Å². The maximum atomic E-state index is 4.10.